The molecule has 0 spiro atoms. The van der Waals surface area contributed by atoms with Crippen LogP contribution in [-0.4, -0.2) is 17.1 Å². The Hall–Kier alpha value is -0.570. The Morgan fingerprint density at radius 3 is 2.00 bits per heavy atom. The summed E-state index contributed by atoms with van der Waals surface area (Å²) in [4.78, 5) is 10.9. The second-order valence-corrected chi connectivity index (χ2v) is 4.12. The van der Waals surface area contributed by atoms with E-state index in [2.05, 4.69) is 0 Å². The van der Waals surface area contributed by atoms with Crippen molar-refractivity contribution in [3.63, 3.8) is 0 Å². The van der Waals surface area contributed by atoms with E-state index in [1.54, 1.807) is 0 Å². The highest BCUT2D eigenvalue weighted by molar-refractivity contribution is 5.71. The lowest BCUT2D eigenvalue weighted by atomic mass is 9.62. The third-order valence-electron chi connectivity index (χ3n) is 3.57. The van der Waals surface area contributed by atoms with Gasteiger partial charge in [-0.05, 0) is 37.5 Å². The number of nitrogens with two attached hydrogens (primary N) is 1. The molecule has 0 aromatic rings. The number of fused-ring (bicyclic) bond motifs is 3. The Morgan fingerprint density at radius 2 is 1.67 bits per heavy atom. The lowest BCUT2D eigenvalue weighted by Crippen LogP contribution is -2.52. The molecule has 3 fully saturated rings. The molecule has 3 aliphatic rings. The van der Waals surface area contributed by atoms with Crippen LogP contribution >= 0.6 is 0 Å². The van der Waals surface area contributed by atoms with Gasteiger partial charge in [0.25, 0.3) is 0 Å². The third-order valence-corrected chi connectivity index (χ3v) is 3.57. The van der Waals surface area contributed by atoms with E-state index < -0.39 is 5.97 Å². The van der Waals surface area contributed by atoms with E-state index in [1.807, 2.05) is 0 Å². The average Bonchev–Trinajstić information content (AvgIpc) is 2.05. The molecule has 3 rings (SSSR count). The summed E-state index contributed by atoms with van der Waals surface area (Å²) in [6, 6.07) is -0.0741. The van der Waals surface area contributed by atoms with Gasteiger partial charge in [-0.25, -0.2) is 0 Å². The van der Waals surface area contributed by atoms with E-state index in [0.29, 0.717) is 11.8 Å². The molecule has 0 aromatic heterocycles. The number of hydrogen-bond donors (Lipinski definition) is 2. The molecule has 2 atom stereocenters. The van der Waals surface area contributed by atoms with Crippen molar-refractivity contribution in [1.29, 1.82) is 0 Å². The first-order chi connectivity index (χ1) is 5.70. The van der Waals surface area contributed by atoms with Gasteiger partial charge in [0.1, 0.15) is 0 Å². The Morgan fingerprint density at radius 1 is 1.17 bits per heavy atom. The summed E-state index contributed by atoms with van der Waals surface area (Å²) in [6.45, 7) is 0. The topological polar surface area (TPSA) is 63.3 Å². The molecule has 0 unspecified atom stereocenters. The molecule has 0 amide bonds. The van der Waals surface area contributed by atoms with Gasteiger partial charge in [0, 0.05) is 6.04 Å². The van der Waals surface area contributed by atoms with Crippen LogP contribution in [0.4, 0.5) is 0 Å². The quantitative estimate of drug-likeness (QED) is 0.611. The first-order valence-corrected chi connectivity index (χ1v) is 4.68. The summed E-state index contributed by atoms with van der Waals surface area (Å²) in [5.74, 6) is -0.0898. The molecule has 0 aliphatic heterocycles. The maximum atomic E-state index is 10.9. The van der Waals surface area contributed by atoms with E-state index in [-0.39, 0.29) is 12.0 Å². The van der Waals surface area contributed by atoms with Gasteiger partial charge in [-0.1, -0.05) is 0 Å². The molecule has 3 heteroatoms. The van der Waals surface area contributed by atoms with Gasteiger partial charge in [-0.2, -0.15) is 0 Å². The number of carbonyl (C=O) groups is 1. The van der Waals surface area contributed by atoms with E-state index in [9.17, 15) is 4.79 Å². The van der Waals surface area contributed by atoms with Gasteiger partial charge >= 0.3 is 5.97 Å². The smallest absolute Gasteiger partial charge is 0.308 e. The highest BCUT2D eigenvalue weighted by atomic mass is 16.4. The van der Waals surface area contributed by atoms with Crippen LogP contribution in [0, 0.1) is 17.8 Å². The molecule has 3 nitrogen and oxygen atoms in total. The molecule has 2 bridgehead atoms. The van der Waals surface area contributed by atoms with Crippen LogP contribution in [-0.2, 0) is 4.79 Å². The maximum Gasteiger partial charge on any atom is 0.308 e. The molecular formula is C9H15NO2. The van der Waals surface area contributed by atoms with Gasteiger partial charge in [-0.3, -0.25) is 4.79 Å². The number of carboxylic acids is 1. The molecule has 0 heterocycles. The second-order valence-electron chi connectivity index (χ2n) is 4.12. The number of rotatable bonds is 1. The van der Waals surface area contributed by atoms with Crippen molar-refractivity contribution < 1.29 is 9.90 Å². The minimum Gasteiger partial charge on any atom is -0.481 e. The third kappa shape index (κ3) is 1.04. The molecular weight excluding hydrogens is 154 g/mol. The van der Waals surface area contributed by atoms with Crippen molar-refractivity contribution in [2.24, 2.45) is 23.5 Å². The minimum atomic E-state index is -0.683. The fourth-order valence-electron chi connectivity index (χ4n) is 2.86. The summed E-state index contributed by atoms with van der Waals surface area (Å²) in [5, 5.41) is 8.95. The monoisotopic (exact) mass is 169 g/mol. The zero-order chi connectivity index (χ0) is 8.72. The van der Waals surface area contributed by atoms with Crippen LogP contribution < -0.4 is 5.73 Å². The Balaban J connectivity index is 2.18. The van der Waals surface area contributed by atoms with Gasteiger partial charge in [-0.15, -0.1) is 0 Å². The van der Waals surface area contributed by atoms with Gasteiger partial charge in [0.2, 0.25) is 0 Å². The standard InChI is InChI=1S/C9H15NO2/c10-8-6-3-1-5(2-4-6)7(8)9(11)12/h5-8H,1-4,10H2,(H,11,12)/t5?,6?,7-,8+/m1/s1. The Bertz CT molecular complexity index is 195. The number of carboxylic acid groups (broad SMARTS) is 1. The largest absolute Gasteiger partial charge is 0.481 e. The highest BCUT2D eigenvalue weighted by Gasteiger charge is 2.45. The van der Waals surface area contributed by atoms with Crippen molar-refractivity contribution >= 4 is 5.97 Å². The SMILES string of the molecule is N[C@H]1C2CCC(CC2)[C@H]1C(=O)O. The fraction of sp³-hybridized carbons (Fsp3) is 0.889. The summed E-state index contributed by atoms with van der Waals surface area (Å²) >= 11 is 0. The van der Waals surface area contributed by atoms with Crippen molar-refractivity contribution in [2.75, 3.05) is 0 Å². The van der Waals surface area contributed by atoms with E-state index in [0.717, 1.165) is 25.7 Å². The fourth-order valence-corrected chi connectivity index (χ4v) is 2.86. The zero-order valence-electron chi connectivity index (χ0n) is 7.07. The maximum absolute atomic E-state index is 10.9. The summed E-state index contributed by atoms with van der Waals surface area (Å²) in [6.07, 6.45) is 4.45. The van der Waals surface area contributed by atoms with Crippen LogP contribution in [0.5, 0.6) is 0 Å². The first-order valence-electron chi connectivity index (χ1n) is 4.68. The summed E-state index contributed by atoms with van der Waals surface area (Å²) in [5.41, 5.74) is 5.88. The van der Waals surface area contributed by atoms with Crippen LogP contribution in [0.25, 0.3) is 0 Å². The number of aliphatic carboxylic acids is 1. The van der Waals surface area contributed by atoms with Gasteiger partial charge in [0.15, 0.2) is 0 Å². The zero-order valence-corrected chi connectivity index (χ0v) is 7.07. The van der Waals surface area contributed by atoms with Crippen molar-refractivity contribution in [3.8, 4) is 0 Å². The normalized spacial score (nSPS) is 46.1. The second kappa shape index (κ2) is 2.73. The van der Waals surface area contributed by atoms with E-state index in [1.165, 1.54) is 0 Å². The predicted molar refractivity (Wildman–Crippen MR) is 44.5 cm³/mol. The van der Waals surface area contributed by atoms with Crippen LogP contribution in [0.15, 0.2) is 0 Å². The van der Waals surface area contributed by atoms with Crippen molar-refractivity contribution in [2.45, 2.75) is 31.7 Å². The minimum absolute atomic E-state index is 0.0741. The molecule has 0 radical (unpaired) electrons. The number of hydrogen-bond acceptors (Lipinski definition) is 2. The summed E-state index contributed by atoms with van der Waals surface area (Å²) in [7, 11) is 0. The van der Waals surface area contributed by atoms with Gasteiger partial charge in [0.05, 0.1) is 5.92 Å². The Kier molecular flexibility index (Phi) is 1.83. The molecule has 68 valence electrons. The molecule has 0 saturated heterocycles. The average molecular weight is 169 g/mol. The van der Waals surface area contributed by atoms with Crippen molar-refractivity contribution in [1.82, 2.24) is 0 Å². The van der Waals surface area contributed by atoms with Crippen molar-refractivity contribution in [3.05, 3.63) is 0 Å². The lowest BCUT2D eigenvalue weighted by molar-refractivity contribution is -0.148. The Labute approximate surface area is 71.9 Å². The van der Waals surface area contributed by atoms with E-state index >= 15 is 0 Å². The molecule has 12 heavy (non-hydrogen) atoms. The molecule has 3 saturated carbocycles. The van der Waals surface area contributed by atoms with Gasteiger partial charge < -0.3 is 10.8 Å². The molecule has 3 N–H and O–H groups in total. The lowest BCUT2D eigenvalue weighted by Gasteiger charge is -2.45. The van der Waals surface area contributed by atoms with Crippen LogP contribution in [0.3, 0.4) is 0 Å². The summed E-state index contributed by atoms with van der Waals surface area (Å²) < 4.78 is 0. The highest BCUT2D eigenvalue weighted by Crippen LogP contribution is 2.44. The van der Waals surface area contributed by atoms with Crippen LogP contribution in [0.1, 0.15) is 25.7 Å². The first kappa shape index (κ1) is 8.05. The van der Waals surface area contributed by atoms with E-state index in [4.69, 9.17) is 10.8 Å². The molecule has 0 aromatic carbocycles. The van der Waals surface area contributed by atoms with Crippen LogP contribution in [0.2, 0.25) is 0 Å². The molecule has 3 aliphatic carbocycles. The predicted octanol–water partition coefficient (Wildman–Crippen LogP) is 0.834.